The monoisotopic (exact) mass is 433 g/mol. The number of rotatable bonds is 4. The number of carbonyl (C=O) groups is 1. The predicted molar refractivity (Wildman–Crippen MR) is 125 cm³/mol. The average Bonchev–Trinajstić information content (AvgIpc) is 2.75. The van der Waals surface area contributed by atoms with E-state index in [-0.39, 0.29) is 17.7 Å². The zero-order valence-corrected chi connectivity index (χ0v) is 20.1. The van der Waals surface area contributed by atoms with Gasteiger partial charge in [-0.15, -0.1) is 0 Å². The lowest BCUT2D eigenvalue weighted by Gasteiger charge is -2.32. The zero-order valence-electron chi connectivity index (χ0n) is 20.1. The molecule has 31 heavy (non-hydrogen) atoms. The van der Waals surface area contributed by atoms with Crippen LogP contribution in [0.15, 0.2) is 29.3 Å². The molecule has 174 valence electrons. The molecule has 0 radical (unpaired) electrons. The molecular weight excluding hydrogens is 394 g/mol. The lowest BCUT2D eigenvalue weighted by Crippen LogP contribution is -2.46. The van der Waals surface area contributed by atoms with Gasteiger partial charge < -0.3 is 19.5 Å². The van der Waals surface area contributed by atoms with Crippen LogP contribution in [0.3, 0.4) is 0 Å². The topological polar surface area (TPSA) is 89.4 Å². The molecule has 1 fully saturated rings. The molecule has 0 bridgehead atoms. The van der Waals surface area contributed by atoms with Crippen LogP contribution in [0.1, 0.15) is 61.3 Å². The second-order valence-corrected chi connectivity index (χ2v) is 7.86. The Morgan fingerprint density at radius 1 is 1.13 bits per heavy atom. The van der Waals surface area contributed by atoms with Gasteiger partial charge in [-0.3, -0.25) is 4.79 Å². The van der Waals surface area contributed by atoms with Gasteiger partial charge in [0.2, 0.25) is 0 Å². The Hall–Kier alpha value is -2.48. The van der Waals surface area contributed by atoms with Gasteiger partial charge >= 0.3 is 6.09 Å². The highest BCUT2D eigenvalue weighted by molar-refractivity contribution is 5.69. The Bertz CT molecular complexity index is 852. The fourth-order valence-electron chi connectivity index (χ4n) is 3.25. The molecule has 2 aromatic heterocycles. The first-order valence-electron chi connectivity index (χ1n) is 11.3. The van der Waals surface area contributed by atoms with Crippen LogP contribution < -0.4 is 10.9 Å². The van der Waals surface area contributed by atoms with Gasteiger partial charge in [0, 0.05) is 38.4 Å². The van der Waals surface area contributed by atoms with Gasteiger partial charge in [-0.2, -0.15) is 0 Å². The van der Waals surface area contributed by atoms with Gasteiger partial charge in [0.25, 0.3) is 5.56 Å². The standard InChI is InChI=1S/C19H27N5O3.2C2H6/c1-19(2,3)27-18(26)22-14-6-9-23(10-7-14)11-12-24-15-5-4-8-20-17(15)21-13-16(24)25;2*1-2/h4-5,8,13-14H,6-7,9-12H2,1-3H3,(H,22,26);2*1-2H3. The summed E-state index contributed by atoms with van der Waals surface area (Å²) in [5.41, 5.74) is 0.737. The van der Waals surface area contributed by atoms with E-state index in [2.05, 4.69) is 20.2 Å². The number of nitrogens with zero attached hydrogens (tertiary/aromatic N) is 4. The molecular formula is C23H39N5O3. The number of hydrogen-bond donors (Lipinski definition) is 1. The molecule has 0 aromatic carbocycles. The van der Waals surface area contributed by atoms with Crippen LogP contribution in [0.5, 0.6) is 0 Å². The van der Waals surface area contributed by atoms with Crippen molar-refractivity contribution < 1.29 is 9.53 Å². The van der Waals surface area contributed by atoms with E-state index in [1.165, 1.54) is 6.20 Å². The molecule has 0 spiro atoms. The summed E-state index contributed by atoms with van der Waals surface area (Å²) in [5.74, 6) is 0. The van der Waals surface area contributed by atoms with E-state index in [4.69, 9.17) is 4.74 Å². The molecule has 0 atom stereocenters. The number of alkyl carbamates (subject to hydrolysis) is 1. The van der Waals surface area contributed by atoms with Crippen molar-refractivity contribution in [3.05, 3.63) is 34.9 Å². The number of carbonyl (C=O) groups excluding carboxylic acids is 1. The third kappa shape index (κ3) is 8.65. The summed E-state index contributed by atoms with van der Waals surface area (Å²) in [4.78, 5) is 34.7. The van der Waals surface area contributed by atoms with Crippen LogP contribution in [-0.4, -0.2) is 56.8 Å². The minimum Gasteiger partial charge on any atom is -0.444 e. The van der Waals surface area contributed by atoms with Gasteiger partial charge in [-0.05, 0) is 45.7 Å². The summed E-state index contributed by atoms with van der Waals surface area (Å²) >= 11 is 0. The van der Waals surface area contributed by atoms with Crippen molar-refractivity contribution in [3.63, 3.8) is 0 Å². The second-order valence-electron chi connectivity index (χ2n) is 7.86. The average molecular weight is 434 g/mol. The summed E-state index contributed by atoms with van der Waals surface area (Å²) in [6.45, 7) is 16.7. The maximum absolute atomic E-state index is 12.2. The van der Waals surface area contributed by atoms with Crippen LogP contribution >= 0.6 is 0 Å². The van der Waals surface area contributed by atoms with Crippen molar-refractivity contribution in [1.82, 2.24) is 24.8 Å². The summed E-state index contributed by atoms with van der Waals surface area (Å²) in [6.07, 6.45) is 4.38. The Morgan fingerprint density at radius 3 is 2.39 bits per heavy atom. The Labute approximate surface area is 186 Å². The molecule has 1 N–H and O–H groups in total. The number of hydrogen-bond acceptors (Lipinski definition) is 6. The maximum Gasteiger partial charge on any atom is 0.407 e. The van der Waals surface area contributed by atoms with Crippen molar-refractivity contribution in [3.8, 4) is 0 Å². The highest BCUT2D eigenvalue weighted by Gasteiger charge is 2.23. The molecule has 1 amide bonds. The molecule has 1 aliphatic rings. The van der Waals surface area contributed by atoms with Crippen molar-refractivity contribution in [1.29, 1.82) is 0 Å². The van der Waals surface area contributed by atoms with Crippen molar-refractivity contribution in [2.75, 3.05) is 19.6 Å². The van der Waals surface area contributed by atoms with Crippen molar-refractivity contribution in [2.24, 2.45) is 0 Å². The van der Waals surface area contributed by atoms with Crippen molar-refractivity contribution >= 4 is 17.3 Å². The number of likely N-dealkylation sites (tertiary alicyclic amines) is 1. The van der Waals surface area contributed by atoms with E-state index in [0.717, 1.165) is 38.0 Å². The molecule has 0 saturated carbocycles. The number of pyridine rings is 1. The van der Waals surface area contributed by atoms with E-state index in [1.54, 1.807) is 10.8 Å². The third-order valence-electron chi connectivity index (χ3n) is 4.57. The van der Waals surface area contributed by atoms with Gasteiger partial charge in [0.15, 0.2) is 5.65 Å². The lowest BCUT2D eigenvalue weighted by atomic mass is 10.1. The van der Waals surface area contributed by atoms with Gasteiger partial charge in [-0.1, -0.05) is 27.7 Å². The number of aromatic nitrogens is 3. The summed E-state index contributed by atoms with van der Waals surface area (Å²) < 4.78 is 7.04. The highest BCUT2D eigenvalue weighted by Crippen LogP contribution is 2.13. The summed E-state index contributed by atoms with van der Waals surface area (Å²) in [5, 5.41) is 2.94. The minimum atomic E-state index is -0.486. The highest BCUT2D eigenvalue weighted by atomic mass is 16.6. The predicted octanol–water partition coefficient (Wildman–Crippen LogP) is 3.83. The molecule has 0 unspecified atom stereocenters. The fraction of sp³-hybridized carbons (Fsp3) is 0.652. The Morgan fingerprint density at radius 2 is 1.77 bits per heavy atom. The second kappa shape index (κ2) is 13.0. The third-order valence-corrected chi connectivity index (χ3v) is 4.57. The molecule has 0 aliphatic carbocycles. The molecule has 1 saturated heterocycles. The van der Waals surface area contributed by atoms with Gasteiger partial charge in [-0.25, -0.2) is 14.8 Å². The normalized spacial score (nSPS) is 14.7. The number of amides is 1. The van der Waals surface area contributed by atoms with Crippen molar-refractivity contribution in [2.45, 2.75) is 79.5 Å². The Balaban J connectivity index is 0.00000113. The Kier molecular flexibility index (Phi) is 11.2. The molecule has 3 heterocycles. The largest absolute Gasteiger partial charge is 0.444 e. The van der Waals surface area contributed by atoms with Crippen LogP contribution in [0, 0.1) is 0 Å². The number of ether oxygens (including phenoxy) is 1. The quantitative estimate of drug-likeness (QED) is 0.788. The van der Waals surface area contributed by atoms with Crippen LogP contribution in [0.2, 0.25) is 0 Å². The SMILES string of the molecule is CC.CC.CC(C)(C)OC(=O)NC1CCN(CCn2c(=O)cnc3ncccc32)CC1. The first-order valence-corrected chi connectivity index (χ1v) is 11.3. The first kappa shape index (κ1) is 26.6. The number of nitrogens with one attached hydrogen (secondary N) is 1. The summed E-state index contributed by atoms with van der Waals surface area (Å²) in [6, 6.07) is 3.81. The van der Waals surface area contributed by atoms with E-state index < -0.39 is 5.60 Å². The molecule has 1 aliphatic heterocycles. The van der Waals surface area contributed by atoms with E-state index in [9.17, 15) is 9.59 Å². The molecule has 8 heteroatoms. The number of fused-ring (bicyclic) bond motifs is 1. The molecule has 3 rings (SSSR count). The molecule has 2 aromatic rings. The first-order chi connectivity index (χ1) is 14.8. The number of piperidine rings is 1. The lowest BCUT2D eigenvalue weighted by molar-refractivity contribution is 0.0478. The van der Waals surface area contributed by atoms with E-state index in [1.807, 2.05) is 60.6 Å². The molecule has 8 nitrogen and oxygen atoms in total. The van der Waals surface area contributed by atoms with Crippen LogP contribution in [0.25, 0.3) is 11.2 Å². The van der Waals surface area contributed by atoms with Crippen LogP contribution in [-0.2, 0) is 11.3 Å². The van der Waals surface area contributed by atoms with E-state index >= 15 is 0 Å². The summed E-state index contributed by atoms with van der Waals surface area (Å²) in [7, 11) is 0. The van der Waals surface area contributed by atoms with E-state index in [0.29, 0.717) is 12.2 Å². The van der Waals surface area contributed by atoms with Gasteiger partial charge in [0.1, 0.15) is 5.60 Å². The smallest absolute Gasteiger partial charge is 0.407 e. The van der Waals surface area contributed by atoms with Gasteiger partial charge in [0.05, 0.1) is 11.7 Å². The fourth-order valence-corrected chi connectivity index (χ4v) is 3.25. The minimum absolute atomic E-state index is 0.114. The maximum atomic E-state index is 12.2. The van der Waals surface area contributed by atoms with Crippen LogP contribution in [0.4, 0.5) is 4.79 Å². The zero-order chi connectivity index (χ0) is 23.4.